The molecule has 0 heterocycles. The minimum absolute atomic E-state index is 0.0231. The van der Waals surface area contributed by atoms with E-state index in [1.54, 1.807) is 12.1 Å². The van der Waals surface area contributed by atoms with E-state index < -0.39 is 17.5 Å². The van der Waals surface area contributed by atoms with Crippen LogP contribution < -0.4 is 21.3 Å². The van der Waals surface area contributed by atoms with Crippen LogP contribution in [0.5, 0.6) is 0 Å². The molecule has 0 aliphatic rings. The van der Waals surface area contributed by atoms with E-state index in [1.165, 1.54) is 0 Å². The van der Waals surface area contributed by atoms with Crippen LogP contribution in [0.25, 0.3) is 0 Å². The Morgan fingerprint density at radius 2 is 1.60 bits per heavy atom. The molecular formula is C18H28N4O3. The van der Waals surface area contributed by atoms with E-state index in [1.807, 2.05) is 46.8 Å². The van der Waals surface area contributed by atoms with Gasteiger partial charge in [-0.15, -0.1) is 0 Å². The molecule has 1 rings (SSSR count). The summed E-state index contributed by atoms with van der Waals surface area (Å²) in [6, 6.07) is 6.83. The lowest BCUT2D eigenvalue weighted by Crippen LogP contribution is -2.49. The number of benzene rings is 1. The van der Waals surface area contributed by atoms with Gasteiger partial charge in [0.25, 0.3) is 0 Å². The van der Waals surface area contributed by atoms with Crippen LogP contribution in [-0.2, 0) is 16.0 Å². The highest BCUT2D eigenvalue weighted by Gasteiger charge is 2.15. The first-order valence-electron chi connectivity index (χ1n) is 8.29. The van der Waals surface area contributed by atoms with Crippen molar-refractivity contribution in [1.29, 1.82) is 0 Å². The number of amides is 4. The first kappa shape index (κ1) is 20.5. The minimum atomic E-state index is -0.522. The molecule has 0 saturated heterocycles. The van der Waals surface area contributed by atoms with E-state index in [4.69, 9.17) is 0 Å². The number of hydrogen-bond donors (Lipinski definition) is 4. The SMILES string of the molecule is CC(C)NC(=O)Cc1ccc(NCC(=O)NC(=O)NC(C)(C)C)cc1. The van der Waals surface area contributed by atoms with Gasteiger partial charge in [0, 0.05) is 17.3 Å². The molecule has 0 aliphatic heterocycles. The second-order valence-corrected chi connectivity index (χ2v) is 7.20. The van der Waals surface area contributed by atoms with E-state index in [2.05, 4.69) is 21.3 Å². The summed E-state index contributed by atoms with van der Waals surface area (Å²) in [5.41, 5.74) is 1.22. The van der Waals surface area contributed by atoms with Gasteiger partial charge in [0.05, 0.1) is 13.0 Å². The fraction of sp³-hybridized carbons (Fsp3) is 0.500. The summed E-state index contributed by atoms with van der Waals surface area (Å²) in [6.45, 7) is 9.30. The van der Waals surface area contributed by atoms with E-state index in [9.17, 15) is 14.4 Å². The van der Waals surface area contributed by atoms with Gasteiger partial charge in [0.1, 0.15) is 0 Å². The fourth-order valence-corrected chi connectivity index (χ4v) is 2.02. The zero-order valence-electron chi connectivity index (χ0n) is 15.5. The Kier molecular flexibility index (Phi) is 7.42. The van der Waals surface area contributed by atoms with Crippen LogP contribution >= 0.6 is 0 Å². The van der Waals surface area contributed by atoms with Crippen LogP contribution in [0, 0.1) is 0 Å². The van der Waals surface area contributed by atoms with Gasteiger partial charge in [-0.05, 0) is 52.3 Å². The average molecular weight is 348 g/mol. The predicted octanol–water partition coefficient (Wildman–Crippen LogP) is 1.79. The van der Waals surface area contributed by atoms with Crippen molar-refractivity contribution in [3.63, 3.8) is 0 Å². The topological polar surface area (TPSA) is 99.3 Å². The summed E-state index contributed by atoms with van der Waals surface area (Å²) in [7, 11) is 0. The molecule has 0 saturated carbocycles. The van der Waals surface area contributed by atoms with Crippen LogP contribution in [0.3, 0.4) is 0 Å². The first-order chi connectivity index (χ1) is 11.5. The summed E-state index contributed by atoms with van der Waals surface area (Å²) in [6.07, 6.45) is 0.311. The number of rotatable bonds is 6. The number of nitrogens with one attached hydrogen (secondary N) is 4. The average Bonchev–Trinajstić information content (AvgIpc) is 2.43. The molecule has 4 amide bonds. The number of anilines is 1. The van der Waals surface area contributed by atoms with Gasteiger partial charge in [0.15, 0.2) is 0 Å². The third-order valence-electron chi connectivity index (χ3n) is 2.96. The second kappa shape index (κ2) is 9.05. The molecule has 0 radical (unpaired) electrons. The highest BCUT2D eigenvalue weighted by Crippen LogP contribution is 2.10. The molecule has 25 heavy (non-hydrogen) atoms. The van der Waals surface area contributed by atoms with Crippen LogP contribution in [0.1, 0.15) is 40.2 Å². The Morgan fingerprint density at radius 3 is 2.12 bits per heavy atom. The monoisotopic (exact) mass is 348 g/mol. The van der Waals surface area contributed by atoms with Crippen LogP contribution in [0.15, 0.2) is 24.3 Å². The molecule has 0 unspecified atom stereocenters. The van der Waals surface area contributed by atoms with Crippen LogP contribution in [-0.4, -0.2) is 36.0 Å². The van der Waals surface area contributed by atoms with E-state index >= 15 is 0 Å². The third-order valence-corrected chi connectivity index (χ3v) is 2.96. The van der Waals surface area contributed by atoms with Crippen molar-refractivity contribution in [3.05, 3.63) is 29.8 Å². The zero-order valence-corrected chi connectivity index (χ0v) is 15.5. The molecule has 0 spiro atoms. The molecule has 0 aliphatic carbocycles. The van der Waals surface area contributed by atoms with Crippen molar-refractivity contribution < 1.29 is 14.4 Å². The van der Waals surface area contributed by atoms with Gasteiger partial charge in [-0.3, -0.25) is 14.9 Å². The van der Waals surface area contributed by atoms with Gasteiger partial charge in [0.2, 0.25) is 11.8 Å². The third kappa shape index (κ3) is 9.34. The molecule has 138 valence electrons. The molecule has 0 bridgehead atoms. The Morgan fingerprint density at radius 1 is 1.00 bits per heavy atom. The van der Waals surface area contributed by atoms with Crippen molar-refractivity contribution in [2.75, 3.05) is 11.9 Å². The van der Waals surface area contributed by atoms with Crippen molar-refractivity contribution in [2.24, 2.45) is 0 Å². The quantitative estimate of drug-likeness (QED) is 0.630. The van der Waals surface area contributed by atoms with Gasteiger partial charge >= 0.3 is 6.03 Å². The predicted molar refractivity (Wildman–Crippen MR) is 98.3 cm³/mol. The Hall–Kier alpha value is -2.57. The maximum Gasteiger partial charge on any atom is 0.321 e. The molecule has 1 aromatic rings. The standard InChI is InChI=1S/C18H28N4O3/c1-12(2)20-15(23)10-13-6-8-14(9-7-13)19-11-16(24)21-17(25)22-18(3,4)5/h6-9,12,19H,10-11H2,1-5H3,(H,20,23)(H2,21,22,24,25). The summed E-state index contributed by atoms with van der Waals surface area (Å²) in [5.74, 6) is -0.456. The molecule has 0 aromatic heterocycles. The highest BCUT2D eigenvalue weighted by molar-refractivity contribution is 5.96. The maximum atomic E-state index is 11.7. The molecular weight excluding hydrogens is 320 g/mol. The van der Waals surface area contributed by atoms with Crippen molar-refractivity contribution in [1.82, 2.24) is 16.0 Å². The lowest BCUT2D eigenvalue weighted by Gasteiger charge is -2.20. The Bertz CT molecular complexity index is 604. The largest absolute Gasteiger partial charge is 0.376 e. The van der Waals surface area contributed by atoms with E-state index in [0.717, 1.165) is 11.3 Å². The molecule has 1 aromatic carbocycles. The summed E-state index contributed by atoms with van der Waals surface area (Å²) >= 11 is 0. The molecule has 0 fully saturated rings. The lowest BCUT2D eigenvalue weighted by atomic mass is 10.1. The summed E-state index contributed by atoms with van der Waals surface area (Å²) in [4.78, 5) is 35.0. The van der Waals surface area contributed by atoms with Crippen molar-refractivity contribution in [2.45, 2.75) is 52.6 Å². The fourth-order valence-electron chi connectivity index (χ4n) is 2.02. The van der Waals surface area contributed by atoms with E-state index in [0.29, 0.717) is 6.42 Å². The lowest BCUT2D eigenvalue weighted by molar-refractivity contribution is -0.121. The molecule has 7 heteroatoms. The number of imide groups is 1. The van der Waals surface area contributed by atoms with Crippen LogP contribution in [0.2, 0.25) is 0 Å². The van der Waals surface area contributed by atoms with Gasteiger partial charge in [-0.1, -0.05) is 12.1 Å². The summed E-state index contributed by atoms with van der Waals surface area (Å²) in [5, 5.41) is 10.7. The second-order valence-electron chi connectivity index (χ2n) is 7.20. The Balaban J connectivity index is 2.41. The van der Waals surface area contributed by atoms with Gasteiger partial charge in [-0.2, -0.15) is 0 Å². The smallest absolute Gasteiger partial charge is 0.321 e. The van der Waals surface area contributed by atoms with Gasteiger partial charge < -0.3 is 16.0 Å². The normalized spacial score (nSPS) is 11.0. The number of carbonyl (C=O) groups excluding carboxylic acids is 3. The number of urea groups is 1. The molecule has 4 N–H and O–H groups in total. The highest BCUT2D eigenvalue weighted by atomic mass is 16.2. The van der Waals surface area contributed by atoms with Crippen molar-refractivity contribution >= 4 is 23.5 Å². The zero-order chi connectivity index (χ0) is 19.0. The van der Waals surface area contributed by atoms with Gasteiger partial charge in [-0.25, -0.2) is 4.79 Å². The number of carbonyl (C=O) groups is 3. The minimum Gasteiger partial charge on any atom is -0.376 e. The first-order valence-corrected chi connectivity index (χ1v) is 8.29. The van der Waals surface area contributed by atoms with E-state index in [-0.39, 0.29) is 18.5 Å². The van der Waals surface area contributed by atoms with Crippen molar-refractivity contribution in [3.8, 4) is 0 Å². The Labute approximate surface area is 148 Å². The molecule has 7 nitrogen and oxygen atoms in total. The number of hydrogen-bond acceptors (Lipinski definition) is 4. The maximum absolute atomic E-state index is 11.7. The summed E-state index contributed by atoms with van der Waals surface area (Å²) < 4.78 is 0. The van der Waals surface area contributed by atoms with Crippen LogP contribution in [0.4, 0.5) is 10.5 Å². The molecule has 0 atom stereocenters.